The summed E-state index contributed by atoms with van der Waals surface area (Å²) in [5, 5.41) is 5.54. The maximum absolute atomic E-state index is 11.6. The minimum Gasteiger partial charge on any atom is -0.467 e. The van der Waals surface area contributed by atoms with E-state index in [1.165, 1.54) is 18.9 Å². The minimum atomic E-state index is -0.797. The lowest BCUT2D eigenvalue weighted by atomic mass is 10.2. The van der Waals surface area contributed by atoms with E-state index in [1.807, 2.05) is 6.26 Å². The number of ether oxygens (including phenoxy) is 1. The molecule has 18 heavy (non-hydrogen) atoms. The topological polar surface area (TPSA) is 88.1 Å². The standard InChI is InChI=1S/C9H16ClN3O4S/c1-17-8(14)7(3-6-18-2)11-9(15)13(12-16)5-4-10/h7H,3-6H2,1-2H3,(H,11,15). The second-order valence-electron chi connectivity index (χ2n) is 3.20. The zero-order valence-electron chi connectivity index (χ0n) is 10.2. The van der Waals surface area contributed by atoms with Crippen molar-refractivity contribution in [2.45, 2.75) is 12.5 Å². The van der Waals surface area contributed by atoms with Crippen molar-refractivity contribution >= 4 is 35.4 Å². The zero-order valence-corrected chi connectivity index (χ0v) is 11.8. The Morgan fingerprint density at radius 2 is 2.22 bits per heavy atom. The van der Waals surface area contributed by atoms with Crippen LogP contribution in [0, 0.1) is 4.91 Å². The summed E-state index contributed by atoms with van der Waals surface area (Å²) >= 11 is 6.94. The molecule has 2 amide bonds. The smallest absolute Gasteiger partial charge is 0.341 e. The van der Waals surface area contributed by atoms with Gasteiger partial charge in [-0.3, -0.25) is 0 Å². The summed E-state index contributed by atoms with van der Waals surface area (Å²) in [7, 11) is 1.23. The summed E-state index contributed by atoms with van der Waals surface area (Å²) in [4.78, 5) is 33.4. The number of rotatable bonds is 8. The molecule has 1 atom stereocenters. The predicted octanol–water partition coefficient (Wildman–Crippen LogP) is 1.21. The van der Waals surface area contributed by atoms with Crippen LogP contribution < -0.4 is 5.32 Å². The zero-order chi connectivity index (χ0) is 14.0. The van der Waals surface area contributed by atoms with Crippen LogP contribution in [0.25, 0.3) is 0 Å². The van der Waals surface area contributed by atoms with Crippen molar-refractivity contribution in [1.29, 1.82) is 0 Å². The SMILES string of the molecule is COC(=O)C(CCSC)NC(=O)N(CCCl)N=O. The predicted molar refractivity (Wildman–Crippen MR) is 70.6 cm³/mol. The van der Waals surface area contributed by atoms with Gasteiger partial charge < -0.3 is 10.1 Å². The monoisotopic (exact) mass is 297 g/mol. The fraction of sp³-hybridized carbons (Fsp3) is 0.778. The number of urea groups is 1. The molecule has 0 aromatic carbocycles. The van der Waals surface area contributed by atoms with Crippen molar-refractivity contribution < 1.29 is 14.3 Å². The third kappa shape index (κ3) is 6.06. The van der Waals surface area contributed by atoms with Crippen LogP contribution in [0.1, 0.15) is 6.42 Å². The number of amides is 2. The van der Waals surface area contributed by atoms with Gasteiger partial charge in [0.15, 0.2) is 0 Å². The van der Waals surface area contributed by atoms with Gasteiger partial charge in [0, 0.05) is 5.88 Å². The molecule has 0 aromatic rings. The molecule has 9 heteroatoms. The van der Waals surface area contributed by atoms with Crippen LogP contribution in [0.3, 0.4) is 0 Å². The Bertz CT molecular complexity index is 293. The van der Waals surface area contributed by atoms with Crippen molar-refractivity contribution in [1.82, 2.24) is 10.3 Å². The van der Waals surface area contributed by atoms with Gasteiger partial charge in [0.2, 0.25) is 0 Å². The Hall–Kier alpha value is -1.02. The average Bonchev–Trinajstić information content (AvgIpc) is 2.39. The van der Waals surface area contributed by atoms with E-state index in [4.69, 9.17) is 11.6 Å². The normalized spacial score (nSPS) is 11.5. The summed E-state index contributed by atoms with van der Waals surface area (Å²) < 4.78 is 4.57. The number of esters is 1. The van der Waals surface area contributed by atoms with E-state index in [0.717, 1.165) is 0 Å². The number of halogens is 1. The molecule has 0 aliphatic heterocycles. The molecule has 104 valence electrons. The van der Waals surface area contributed by atoms with E-state index in [-0.39, 0.29) is 12.4 Å². The highest BCUT2D eigenvalue weighted by Gasteiger charge is 2.24. The number of carbonyl (C=O) groups is 2. The highest BCUT2D eigenvalue weighted by molar-refractivity contribution is 7.98. The lowest BCUT2D eigenvalue weighted by Gasteiger charge is -2.19. The first kappa shape index (κ1) is 17.0. The van der Waals surface area contributed by atoms with Crippen molar-refractivity contribution in [3.63, 3.8) is 0 Å². The number of methoxy groups -OCH3 is 1. The number of nitroso groups, excluding NO2 is 1. The number of alkyl halides is 1. The van der Waals surface area contributed by atoms with Crippen molar-refractivity contribution in [3.8, 4) is 0 Å². The van der Waals surface area contributed by atoms with Crippen molar-refractivity contribution in [3.05, 3.63) is 4.91 Å². The lowest BCUT2D eigenvalue weighted by Crippen LogP contribution is -2.47. The first-order chi connectivity index (χ1) is 8.60. The second-order valence-corrected chi connectivity index (χ2v) is 4.56. The summed E-state index contributed by atoms with van der Waals surface area (Å²) in [5.41, 5.74) is 0. The van der Waals surface area contributed by atoms with Crippen molar-refractivity contribution in [2.75, 3.05) is 31.5 Å². The molecule has 7 nitrogen and oxygen atoms in total. The van der Waals surface area contributed by atoms with Gasteiger partial charge in [-0.2, -0.15) is 16.8 Å². The Morgan fingerprint density at radius 3 is 2.67 bits per heavy atom. The van der Waals surface area contributed by atoms with Gasteiger partial charge in [-0.25, -0.2) is 9.59 Å². The number of thioether (sulfide) groups is 1. The van der Waals surface area contributed by atoms with E-state index < -0.39 is 18.0 Å². The van der Waals surface area contributed by atoms with E-state index in [1.54, 1.807) is 0 Å². The maximum Gasteiger partial charge on any atom is 0.341 e. The Labute approximate surface area is 114 Å². The van der Waals surface area contributed by atoms with E-state index in [0.29, 0.717) is 17.2 Å². The molecule has 0 bridgehead atoms. The van der Waals surface area contributed by atoms with Crippen LogP contribution in [0.5, 0.6) is 0 Å². The van der Waals surface area contributed by atoms with Gasteiger partial charge in [0.25, 0.3) is 0 Å². The Kier molecular flexibility index (Phi) is 9.39. The Morgan fingerprint density at radius 1 is 1.56 bits per heavy atom. The molecular weight excluding hydrogens is 282 g/mol. The van der Waals surface area contributed by atoms with Gasteiger partial charge in [-0.1, -0.05) is 0 Å². The highest BCUT2D eigenvalue weighted by Crippen LogP contribution is 2.04. The van der Waals surface area contributed by atoms with Gasteiger partial charge >= 0.3 is 12.0 Å². The fourth-order valence-corrected chi connectivity index (χ4v) is 1.74. The van der Waals surface area contributed by atoms with E-state index in [2.05, 4.69) is 15.3 Å². The number of hydrogen-bond donors (Lipinski definition) is 1. The molecule has 0 saturated heterocycles. The molecule has 0 spiro atoms. The summed E-state index contributed by atoms with van der Waals surface area (Å²) in [6, 6.07) is -1.56. The van der Waals surface area contributed by atoms with Gasteiger partial charge in [0.05, 0.1) is 18.9 Å². The Balaban J connectivity index is 4.49. The summed E-state index contributed by atoms with van der Waals surface area (Å²) in [6.07, 6.45) is 2.29. The third-order valence-corrected chi connectivity index (χ3v) is 2.84. The van der Waals surface area contributed by atoms with Gasteiger partial charge in [-0.15, -0.1) is 16.5 Å². The fourth-order valence-electron chi connectivity index (χ4n) is 1.11. The molecule has 0 aromatic heterocycles. The quantitative estimate of drug-likeness (QED) is 0.315. The molecule has 1 N–H and O–H groups in total. The third-order valence-electron chi connectivity index (χ3n) is 2.02. The van der Waals surface area contributed by atoms with Gasteiger partial charge in [0.1, 0.15) is 6.04 Å². The lowest BCUT2D eigenvalue weighted by molar-refractivity contribution is -0.142. The second kappa shape index (κ2) is 9.95. The van der Waals surface area contributed by atoms with Crippen LogP contribution in [0.2, 0.25) is 0 Å². The average molecular weight is 298 g/mol. The van der Waals surface area contributed by atoms with Crippen LogP contribution in [0.15, 0.2) is 5.29 Å². The molecule has 1 unspecified atom stereocenters. The van der Waals surface area contributed by atoms with Gasteiger partial charge in [-0.05, 0) is 18.4 Å². The summed E-state index contributed by atoms with van der Waals surface area (Å²) in [6.45, 7) is -0.0205. The molecule has 0 heterocycles. The first-order valence-corrected chi connectivity index (χ1v) is 7.07. The molecule has 0 rings (SSSR count). The largest absolute Gasteiger partial charge is 0.467 e. The molecule has 0 fully saturated rings. The van der Waals surface area contributed by atoms with Crippen molar-refractivity contribution in [2.24, 2.45) is 5.29 Å². The molecule has 0 aliphatic rings. The van der Waals surface area contributed by atoms with Crippen LogP contribution in [0.4, 0.5) is 4.79 Å². The van der Waals surface area contributed by atoms with Crippen LogP contribution in [-0.4, -0.2) is 54.6 Å². The van der Waals surface area contributed by atoms with Crippen LogP contribution in [-0.2, 0) is 9.53 Å². The number of nitrogens with zero attached hydrogens (tertiary/aromatic N) is 2. The maximum atomic E-state index is 11.6. The highest BCUT2D eigenvalue weighted by atomic mass is 35.5. The number of nitrogens with one attached hydrogen (secondary N) is 1. The molecule has 0 radical (unpaired) electrons. The van der Waals surface area contributed by atoms with Crippen LogP contribution >= 0.6 is 23.4 Å². The number of hydrogen-bond acceptors (Lipinski definition) is 6. The molecule has 0 aliphatic carbocycles. The van der Waals surface area contributed by atoms with E-state index >= 15 is 0 Å². The first-order valence-electron chi connectivity index (χ1n) is 5.14. The van der Waals surface area contributed by atoms with E-state index in [9.17, 15) is 14.5 Å². The number of carbonyl (C=O) groups excluding carboxylic acids is 2. The minimum absolute atomic E-state index is 0.0205. The summed E-state index contributed by atoms with van der Waals surface area (Å²) in [5.74, 6) is 0.186. The molecule has 0 saturated carbocycles. The molecular formula is C9H16ClN3O4S.